The van der Waals surface area contributed by atoms with Gasteiger partial charge in [0.05, 0.1) is 5.41 Å². The van der Waals surface area contributed by atoms with Gasteiger partial charge in [-0.1, -0.05) is 31.2 Å². The van der Waals surface area contributed by atoms with Crippen molar-refractivity contribution < 1.29 is 9.59 Å². The number of carbonyl (C=O) groups is 2. The number of hydrogen-bond donors (Lipinski definition) is 1. The molecule has 2 N–H and O–H groups in total. The molecule has 0 unspecified atom stereocenters. The van der Waals surface area contributed by atoms with E-state index in [0.717, 1.165) is 16.7 Å². The third kappa shape index (κ3) is 3.62. The van der Waals surface area contributed by atoms with Crippen LogP contribution >= 0.6 is 0 Å². The van der Waals surface area contributed by atoms with E-state index < -0.39 is 5.41 Å². The molecule has 1 saturated heterocycles. The van der Waals surface area contributed by atoms with Crippen molar-refractivity contribution in [3.63, 3.8) is 0 Å². The summed E-state index contributed by atoms with van der Waals surface area (Å²) in [5, 5.41) is 0. The third-order valence-corrected chi connectivity index (χ3v) is 5.44. The molecule has 1 aromatic heterocycles. The molecule has 2 heterocycles. The van der Waals surface area contributed by atoms with E-state index in [1.807, 2.05) is 36.1 Å². The summed E-state index contributed by atoms with van der Waals surface area (Å²) < 4.78 is 0. The molecule has 2 aromatic rings. The lowest BCUT2D eigenvalue weighted by Gasteiger charge is -2.40. The number of piperidine rings is 1. The SMILES string of the molecule is CCC(=O)N1CCC(Cc2ccccc2-c2ccncc2)(C(N)=O)CC1. The molecular formula is C21H25N3O2. The molecule has 1 fully saturated rings. The molecule has 0 spiro atoms. The summed E-state index contributed by atoms with van der Waals surface area (Å²) in [4.78, 5) is 30.3. The van der Waals surface area contributed by atoms with Gasteiger partial charge >= 0.3 is 0 Å². The zero-order valence-electron chi connectivity index (χ0n) is 15.1. The van der Waals surface area contributed by atoms with Gasteiger partial charge in [-0.15, -0.1) is 0 Å². The van der Waals surface area contributed by atoms with E-state index in [1.54, 1.807) is 12.4 Å². The van der Waals surface area contributed by atoms with E-state index in [4.69, 9.17) is 5.73 Å². The highest BCUT2D eigenvalue weighted by molar-refractivity contribution is 5.83. The Morgan fingerprint density at radius 3 is 2.38 bits per heavy atom. The number of amides is 2. The van der Waals surface area contributed by atoms with Gasteiger partial charge in [0.15, 0.2) is 0 Å². The van der Waals surface area contributed by atoms with Crippen LogP contribution in [0.1, 0.15) is 31.7 Å². The maximum absolute atomic E-state index is 12.4. The summed E-state index contributed by atoms with van der Waals surface area (Å²) in [7, 11) is 0. The number of pyridine rings is 1. The normalized spacial score (nSPS) is 16.3. The van der Waals surface area contributed by atoms with Crippen molar-refractivity contribution in [1.82, 2.24) is 9.88 Å². The van der Waals surface area contributed by atoms with Gasteiger partial charge in [-0.2, -0.15) is 0 Å². The second-order valence-electron chi connectivity index (χ2n) is 6.95. The first kappa shape index (κ1) is 18.1. The van der Waals surface area contributed by atoms with Gasteiger partial charge in [0.2, 0.25) is 11.8 Å². The van der Waals surface area contributed by atoms with Crippen molar-refractivity contribution in [3.05, 3.63) is 54.4 Å². The van der Waals surface area contributed by atoms with E-state index in [-0.39, 0.29) is 11.8 Å². The highest BCUT2D eigenvalue weighted by Crippen LogP contribution is 2.37. The van der Waals surface area contributed by atoms with Crippen LogP contribution in [0.15, 0.2) is 48.8 Å². The number of rotatable bonds is 5. The van der Waals surface area contributed by atoms with Crippen molar-refractivity contribution in [2.75, 3.05) is 13.1 Å². The molecule has 1 aliphatic rings. The van der Waals surface area contributed by atoms with Crippen LogP contribution in [0.25, 0.3) is 11.1 Å². The van der Waals surface area contributed by atoms with Gasteiger partial charge in [-0.3, -0.25) is 14.6 Å². The van der Waals surface area contributed by atoms with Gasteiger partial charge in [-0.05, 0) is 48.1 Å². The largest absolute Gasteiger partial charge is 0.369 e. The highest BCUT2D eigenvalue weighted by atomic mass is 16.2. The summed E-state index contributed by atoms with van der Waals surface area (Å²) in [6.45, 7) is 3.04. The number of aromatic nitrogens is 1. The number of carbonyl (C=O) groups excluding carboxylic acids is 2. The highest BCUT2D eigenvalue weighted by Gasteiger charge is 2.41. The Morgan fingerprint density at radius 2 is 1.77 bits per heavy atom. The third-order valence-electron chi connectivity index (χ3n) is 5.44. The molecule has 0 atom stereocenters. The van der Waals surface area contributed by atoms with Gasteiger partial charge in [-0.25, -0.2) is 0 Å². The minimum absolute atomic E-state index is 0.139. The topological polar surface area (TPSA) is 76.3 Å². The average molecular weight is 351 g/mol. The molecule has 5 heteroatoms. The lowest BCUT2D eigenvalue weighted by molar-refractivity contribution is -0.138. The molecular weight excluding hydrogens is 326 g/mol. The van der Waals surface area contributed by atoms with Gasteiger partial charge < -0.3 is 10.6 Å². The fourth-order valence-electron chi connectivity index (χ4n) is 3.77. The molecule has 2 amide bonds. The average Bonchev–Trinajstić information content (AvgIpc) is 2.69. The van der Waals surface area contributed by atoms with Crippen molar-refractivity contribution in [2.45, 2.75) is 32.6 Å². The fourth-order valence-corrected chi connectivity index (χ4v) is 3.77. The van der Waals surface area contributed by atoms with Crippen LogP contribution in [-0.2, 0) is 16.0 Å². The second-order valence-corrected chi connectivity index (χ2v) is 6.95. The Kier molecular flexibility index (Phi) is 5.35. The van der Waals surface area contributed by atoms with Gasteiger partial charge in [0.1, 0.15) is 0 Å². The summed E-state index contributed by atoms with van der Waals surface area (Å²) in [5.41, 5.74) is 8.52. The van der Waals surface area contributed by atoms with Crippen LogP contribution in [0.5, 0.6) is 0 Å². The summed E-state index contributed by atoms with van der Waals surface area (Å²) >= 11 is 0. The van der Waals surface area contributed by atoms with Crippen LogP contribution in [0, 0.1) is 5.41 Å². The fraction of sp³-hybridized carbons (Fsp3) is 0.381. The van der Waals surface area contributed by atoms with Crippen molar-refractivity contribution in [1.29, 1.82) is 0 Å². The van der Waals surface area contributed by atoms with Crippen LogP contribution in [0.3, 0.4) is 0 Å². The molecule has 136 valence electrons. The second kappa shape index (κ2) is 7.68. The number of hydrogen-bond acceptors (Lipinski definition) is 3. The van der Waals surface area contributed by atoms with E-state index in [2.05, 4.69) is 17.1 Å². The molecule has 26 heavy (non-hydrogen) atoms. The lowest BCUT2D eigenvalue weighted by Crippen LogP contribution is -2.49. The summed E-state index contributed by atoms with van der Waals surface area (Å²) in [6.07, 6.45) is 5.84. The number of primary amides is 1. The van der Waals surface area contributed by atoms with Crippen LogP contribution in [-0.4, -0.2) is 34.8 Å². The lowest BCUT2D eigenvalue weighted by atomic mass is 9.72. The number of nitrogens with zero attached hydrogens (tertiary/aromatic N) is 2. The predicted molar refractivity (Wildman–Crippen MR) is 101 cm³/mol. The standard InChI is InChI=1S/C21H25N3O2/c1-2-19(25)24-13-9-21(10-14-24,20(22)26)15-17-5-3-4-6-18(17)16-7-11-23-12-8-16/h3-8,11-12H,2,9-10,13-15H2,1H3,(H2,22,26). The molecule has 3 rings (SSSR count). The quantitative estimate of drug-likeness (QED) is 0.900. The molecule has 1 aliphatic heterocycles. The zero-order chi connectivity index (χ0) is 18.6. The first-order valence-electron chi connectivity index (χ1n) is 9.12. The Balaban J connectivity index is 1.87. The first-order chi connectivity index (χ1) is 12.6. The van der Waals surface area contributed by atoms with Gasteiger partial charge in [0.25, 0.3) is 0 Å². The molecule has 5 nitrogen and oxygen atoms in total. The molecule has 0 aliphatic carbocycles. The Hall–Kier alpha value is -2.69. The maximum atomic E-state index is 12.4. The Morgan fingerprint density at radius 1 is 1.12 bits per heavy atom. The Labute approximate surface area is 154 Å². The van der Waals surface area contributed by atoms with E-state index >= 15 is 0 Å². The van der Waals surface area contributed by atoms with Gasteiger partial charge in [0, 0.05) is 31.9 Å². The number of nitrogens with two attached hydrogens (primary N) is 1. The maximum Gasteiger partial charge on any atom is 0.224 e. The molecule has 0 saturated carbocycles. The number of benzene rings is 1. The van der Waals surface area contributed by atoms with E-state index in [9.17, 15) is 9.59 Å². The van der Waals surface area contributed by atoms with Crippen LogP contribution in [0.2, 0.25) is 0 Å². The Bertz CT molecular complexity index is 781. The van der Waals surface area contributed by atoms with Crippen molar-refractivity contribution in [3.8, 4) is 11.1 Å². The summed E-state index contributed by atoms with van der Waals surface area (Å²) in [5.74, 6) is -0.133. The van der Waals surface area contributed by atoms with Crippen molar-refractivity contribution >= 4 is 11.8 Å². The first-order valence-corrected chi connectivity index (χ1v) is 9.12. The molecule has 0 radical (unpaired) electrons. The van der Waals surface area contributed by atoms with E-state index in [0.29, 0.717) is 38.8 Å². The smallest absolute Gasteiger partial charge is 0.224 e. The zero-order valence-corrected chi connectivity index (χ0v) is 15.1. The monoisotopic (exact) mass is 351 g/mol. The van der Waals surface area contributed by atoms with Crippen LogP contribution in [0.4, 0.5) is 0 Å². The predicted octanol–water partition coefficient (Wildman–Crippen LogP) is 2.80. The summed E-state index contributed by atoms with van der Waals surface area (Å²) in [6, 6.07) is 12.1. The van der Waals surface area contributed by atoms with Crippen molar-refractivity contribution in [2.24, 2.45) is 11.1 Å². The molecule has 0 bridgehead atoms. The van der Waals surface area contributed by atoms with Crippen LogP contribution < -0.4 is 5.73 Å². The number of likely N-dealkylation sites (tertiary alicyclic amines) is 1. The molecule has 1 aromatic carbocycles. The minimum atomic E-state index is -0.604. The van der Waals surface area contributed by atoms with E-state index in [1.165, 1.54) is 0 Å². The minimum Gasteiger partial charge on any atom is -0.369 e.